The van der Waals surface area contributed by atoms with Crippen LogP contribution in [0.1, 0.15) is 18.4 Å². The zero-order valence-electron chi connectivity index (χ0n) is 9.89. The predicted octanol–water partition coefficient (Wildman–Crippen LogP) is 2.70. The second kappa shape index (κ2) is 6.18. The van der Waals surface area contributed by atoms with Gasteiger partial charge in [-0.15, -0.1) is 0 Å². The van der Waals surface area contributed by atoms with Gasteiger partial charge in [-0.3, -0.25) is 4.90 Å². The van der Waals surface area contributed by atoms with Crippen molar-refractivity contribution >= 4 is 17.9 Å². The van der Waals surface area contributed by atoms with Gasteiger partial charge in [-0.05, 0) is 30.7 Å². The van der Waals surface area contributed by atoms with E-state index in [9.17, 15) is 4.79 Å². The van der Waals surface area contributed by atoms with E-state index in [1.807, 2.05) is 6.07 Å². The van der Waals surface area contributed by atoms with Crippen LogP contribution in [-0.2, 0) is 11.2 Å². The second-order valence-electron chi connectivity index (χ2n) is 4.68. The SMILES string of the molecule is O=CC(Cl)N1CCC(Cc2ccccc2)CC1. The Morgan fingerprint density at radius 2 is 1.94 bits per heavy atom. The Hall–Kier alpha value is -0.860. The molecule has 17 heavy (non-hydrogen) atoms. The van der Waals surface area contributed by atoms with Crippen molar-refractivity contribution in [1.29, 1.82) is 0 Å². The molecule has 0 N–H and O–H groups in total. The van der Waals surface area contributed by atoms with Gasteiger partial charge >= 0.3 is 0 Å². The lowest BCUT2D eigenvalue weighted by Crippen LogP contribution is -2.39. The molecule has 0 spiro atoms. The van der Waals surface area contributed by atoms with Crippen molar-refractivity contribution in [2.75, 3.05) is 13.1 Å². The summed E-state index contributed by atoms with van der Waals surface area (Å²) in [6.07, 6.45) is 4.22. The second-order valence-corrected chi connectivity index (χ2v) is 5.12. The molecule has 1 atom stereocenters. The number of rotatable bonds is 4. The Morgan fingerprint density at radius 3 is 2.53 bits per heavy atom. The number of alkyl halides is 1. The molecule has 0 aromatic heterocycles. The highest BCUT2D eigenvalue weighted by Crippen LogP contribution is 2.23. The zero-order valence-corrected chi connectivity index (χ0v) is 10.6. The Labute approximate surface area is 108 Å². The van der Waals surface area contributed by atoms with Gasteiger partial charge in [0.05, 0.1) is 0 Å². The molecule has 92 valence electrons. The smallest absolute Gasteiger partial charge is 0.152 e. The van der Waals surface area contributed by atoms with E-state index in [1.165, 1.54) is 5.56 Å². The van der Waals surface area contributed by atoms with Gasteiger partial charge in [0, 0.05) is 13.1 Å². The minimum atomic E-state index is -0.437. The van der Waals surface area contributed by atoms with E-state index in [4.69, 9.17) is 11.6 Å². The molecule has 0 aliphatic carbocycles. The molecule has 3 heteroatoms. The van der Waals surface area contributed by atoms with Crippen molar-refractivity contribution in [2.24, 2.45) is 5.92 Å². The van der Waals surface area contributed by atoms with Gasteiger partial charge in [0.15, 0.2) is 6.29 Å². The summed E-state index contributed by atoms with van der Waals surface area (Å²) >= 11 is 5.91. The van der Waals surface area contributed by atoms with Crippen LogP contribution in [0, 0.1) is 5.92 Å². The third-order valence-electron chi connectivity index (χ3n) is 3.48. The van der Waals surface area contributed by atoms with E-state index >= 15 is 0 Å². The third kappa shape index (κ3) is 3.55. The topological polar surface area (TPSA) is 20.3 Å². The van der Waals surface area contributed by atoms with E-state index in [2.05, 4.69) is 29.2 Å². The number of nitrogens with zero attached hydrogens (tertiary/aromatic N) is 1. The summed E-state index contributed by atoms with van der Waals surface area (Å²) in [6.45, 7) is 1.87. The number of hydrogen-bond donors (Lipinski definition) is 0. The number of hydrogen-bond acceptors (Lipinski definition) is 2. The highest BCUT2D eigenvalue weighted by Gasteiger charge is 2.23. The van der Waals surface area contributed by atoms with Crippen LogP contribution < -0.4 is 0 Å². The van der Waals surface area contributed by atoms with Crippen LogP contribution in [0.5, 0.6) is 0 Å². The maximum Gasteiger partial charge on any atom is 0.152 e. The van der Waals surface area contributed by atoms with Gasteiger partial charge in [-0.2, -0.15) is 0 Å². The quantitative estimate of drug-likeness (QED) is 0.466. The van der Waals surface area contributed by atoms with Crippen LogP contribution in [0.3, 0.4) is 0 Å². The van der Waals surface area contributed by atoms with E-state index in [-0.39, 0.29) is 0 Å². The van der Waals surface area contributed by atoms with Crippen LogP contribution in [0.4, 0.5) is 0 Å². The summed E-state index contributed by atoms with van der Waals surface area (Å²) in [7, 11) is 0. The molecule has 1 fully saturated rings. The summed E-state index contributed by atoms with van der Waals surface area (Å²) in [6, 6.07) is 10.6. The minimum Gasteiger partial charge on any atom is -0.300 e. The molecule has 1 aromatic rings. The highest BCUT2D eigenvalue weighted by atomic mass is 35.5. The molecule has 1 heterocycles. The lowest BCUT2D eigenvalue weighted by atomic mass is 9.90. The Bertz CT molecular complexity index is 346. The number of likely N-dealkylation sites (tertiary alicyclic amines) is 1. The maximum atomic E-state index is 10.6. The van der Waals surface area contributed by atoms with Gasteiger partial charge in [0.1, 0.15) is 5.50 Å². The number of benzene rings is 1. The first-order chi connectivity index (χ1) is 8.29. The van der Waals surface area contributed by atoms with Gasteiger partial charge in [0.25, 0.3) is 0 Å². The molecule has 2 nitrogen and oxygen atoms in total. The molecule has 2 rings (SSSR count). The fraction of sp³-hybridized carbons (Fsp3) is 0.500. The monoisotopic (exact) mass is 251 g/mol. The molecular formula is C14H18ClNO. The molecule has 0 saturated carbocycles. The first-order valence-electron chi connectivity index (χ1n) is 6.17. The van der Waals surface area contributed by atoms with Crippen molar-refractivity contribution in [3.05, 3.63) is 35.9 Å². The van der Waals surface area contributed by atoms with Crippen LogP contribution in [0.15, 0.2) is 30.3 Å². The van der Waals surface area contributed by atoms with Crippen LogP contribution in [0.25, 0.3) is 0 Å². The fourth-order valence-electron chi connectivity index (χ4n) is 2.44. The average molecular weight is 252 g/mol. The molecule has 0 radical (unpaired) electrons. The maximum absolute atomic E-state index is 10.6. The lowest BCUT2D eigenvalue weighted by Gasteiger charge is -2.32. The van der Waals surface area contributed by atoms with Crippen molar-refractivity contribution in [2.45, 2.75) is 24.8 Å². The third-order valence-corrected chi connectivity index (χ3v) is 3.86. The summed E-state index contributed by atoms with van der Waals surface area (Å²) < 4.78 is 0. The van der Waals surface area contributed by atoms with Crippen LogP contribution in [0.2, 0.25) is 0 Å². The molecule has 0 amide bonds. The number of piperidine rings is 1. The predicted molar refractivity (Wildman–Crippen MR) is 70.1 cm³/mol. The molecule has 1 saturated heterocycles. The van der Waals surface area contributed by atoms with Crippen molar-refractivity contribution in [3.63, 3.8) is 0 Å². The normalized spacial score (nSPS) is 20.1. The minimum absolute atomic E-state index is 0.437. The average Bonchev–Trinajstić information content (AvgIpc) is 2.40. The fourth-order valence-corrected chi connectivity index (χ4v) is 2.63. The van der Waals surface area contributed by atoms with E-state index in [0.29, 0.717) is 0 Å². The van der Waals surface area contributed by atoms with Crippen LogP contribution in [-0.4, -0.2) is 29.8 Å². The number of carbonyl (C=O) groups is 1. The summed E-state index contributed by atoms with van der Waals surface area (Å²) in [4.78, 5) is 12.7. The zero-order chi connectivity index (χ0) is 12.1. The van der Waals surface area contributed by atoms with Crippen molar-refractivity contribution < 1.29 is 4.79 Å². The number of aldehydes is 1. The Balaban J connectivity index is 1.81. The van der Waals surface area contributed by atoms with E-state index < -0.39 is 5.50 Å². The van der Waals surface area contributed by atoms with Gasteiger partial charge in [-0.1, -0.05) is 41.9 Å². The standard InChI is InChI=1S/C14H18ClNO/c15-14(11-17)16-8-6-13(7-9-16)10-12-4-2-1-3-5-12/h1-5,11,13-14H,6-10H2. The molecule has 1 unspecified atom stereocenters. The molecule has 1 aliphatic rings. The Morgan fingerprint density at radius 1 is 1.29 bits per heavy atom. The lowest BCUT2D eigenvalue weighted by molar-refractivity contribution is -0.110. The summed E-state index contributed by atoms with van der Waals surface area (Å²) in [5, 5.41) is 0. The summed E-state index contributed by atoms with van der Waals surface area (Å²) in [5.41, 5.74) is 0.969. The largest absolute Gasteiger partial charge is 0.300 e. The Kier molecular flexibility index (Phi) is 4.57. The van der Waals surface area contributed by atoms with Crippen molar-refractivity contribution in [1.82, 2.24) is 4.90 Å². The molecule has 0 bridgehead atoms. The first-order valence-corrected chi connectivity index (χ1v) is 6.60. The van der Waals surface area contributed by atoms with Gasteiger partial charge in [-0.25, -0.2) is 0 Å². The molecule has 1 aromatic carbocycles. The molecular weight excluding hydrogens is 234 g/mol. The molecule has 1 aliphatic heterocycles. The highest BCUT2D eigenvalue weighted by molar-refractivity contribution is 6.27. The number of halogens is 1. The van der Waals surface area contributed by atoms with E-state index in [0.717, 1.165) is 44.6 Å². The van der Waals surface area contributed by atoms with Crippen molar-refractivity contribution in [3.8, 4) is 0 Å². The number of carbonyl (C=O) groups excluding carboxylic acids is 1. The van der Waals surface area contributed by atoms with Gasteiger partial charge in [0.2, 0.25) is 0 Å². The summed E-state index contributed by atoms with van der Waals surface area (Å²) in [5.74, 6) is 0.726. The van der Waals surface area contributed by atoms with Gasteiger partial charge < -0.3 is 4.79 Å². The van der Waals surface area contributed by atoms with Crippen LogP contribution >= 0.6 is 11.6 Å². The first kappa shape index (κ1) is 12.6. The van der Waals surface area contributed by atoms with E-state index in [1.54, 1.807) is 0 Å².